The van der Waals surface area contributed by atoms with Crippen LogP contribution >= 0.6 is 34.2 Å². The summed E-state index contributed by atoms with van der Waals surface area (Å²) >= 11 is 8.26. The quantitative estimate of drug-likeness (QED) is 0.792. The lowest BCUT2D eigenvalue weighted by molar-refractivity contribution is 0.484. The lowest BCUT2D eigenvalue weighted by atomic mass is 10.2. The van der Waals surface area contributed by atoms with E-state index in [9.17, 15) is 0 Å². The normalized spacial score (nSPS) is 11.2. The Labute approximate surface area is 131 Å². The third kappa shape index (κ3) is 4.15. The molecule has 6 heteroatoms. The van der Waals surface area contributed by atoms with E-state index in [2.05, 4.69) is 52.0 Å². The van der Waals surface area contributed by atoms with Crippen molar-refractivity contribution in [1.29, 1.82) is 0 Å². The first-order valence-corrected chi connectivity index (χ1v) is 7.53. The zero-order valence-electron chi connectivity index (χ0n) is 10.8. The largest absolute Gasteiger partial charge is 0.421 e. The van der Waals surface area contributed by atoms with Gasteiger partial charge >= 0.3 is 0 Å². The summed E-state index contributed by atoms with van der Waals surface area (Å²) in [6.45, 7) is 5.03. The molecule has 0 atom stereocenters. The van der Waals surface area contributed by atoms with Crippen LogP contribution in [0.4, 0.5) is 0 Å². The summed E-state index contributed by atoms with van der Waals surface area (Å²) in [7, 11) is 0. The molecule has 1 aromatic carbocycles. The predicted octanol–water partition coefficient (Wildman–Crippen LogP) is 3.54. The molecule has 2 aromatic rings. The third-order valence-corrected chi connectivity index (χ3v) is 4.10. The van der Waals surface area contributed by atoms with Crippen LogP contribution in [0.15, 0.2) is 22.6 Å². The Bertz CT molecular complexity index is 557. The van der Waals surface area contributed by atoms with Gasteiger partial charge in [-0.25, -0.2) is 0 Å². The van der Waals surface area contributed by atoms with Gasteiger partial charge < -0.3 is 9.73 Å². The summed E-state index contributed by atoms with van der Waals surface area (Å²) in [4.78, 5) is 0. The second-order valence-electron chi connectivity index (χ2n) is 4.49. The highest BCUT2D eigenvalue weighted by atomic mass is 127. The third-order valence-electron chi connectivity index (χ3n) is 2.52. The molecule has 2 rings (SSSR count). The molecule has 1 aromatic heterocycles. The second-order valence-corrected chi connectivity index (χ2v) is 6.06. The summed E-state index contributed by atoms with van der Waals surface area (Å²) in [5, 5.41) is 12.1. The lowest BCUT2D eigenvalue weighted by Crippen LogP contribution is -2.25. The molecule has 1 N–H and O–H groups in total. The van der Waals surface area contributed by atoms with Crippen LogP contribution in [-0.2, 0) is 6.42 Å². The summed E-state index contributed by atoms with van der Waals surface area (Å²) < 4.78 is 6.63. The fourth-order valence-electron chi connectivity index (χ4n) is 1.57. The molecule has 0 unspecified atom stereocenters. The van der Waals surface area contributed by atoms with Crippen LogP contribution in [0.3, 0.4) is 0 Å². The van der Waals surface area contributed by atoms with E-state index >= 15 is 0 Å². The summed E-state index contributed by atoms with van der Waals surface area (Å²) in [5.74, 6) is 1.15. The molecule has 19 heavy (non-hydrogen) atoms. The molecule has 0 amide bonds. The van der Waals surface area contributed by atoms with Crippen LogP contribution in [0.5, 0.6) is 0 Å². The highest BCUT2D eigenvalue weighted by Gasteiger charge is 2.10. The molecule has 0 saturated carbocycles. The van der Waals surface area contributed by atoms with E-state index in [1.165, 1.54) is 0 Å². The Balaban J connectivity index is 2.05. The van der Waals surface area contributed by atoms with Crippen molar-refractivity contribution in [2.24, 2.45) is 0 Å². The average Bonchev–Trinajstić information content (AvgIpc) is 2.81. The van der Waals surface area contributed by atoms with Gasteiger partial charge in [-0.15, -0.1) is 10.2 Å². The van der Waals surface area contributed by atoms with Crippen LogP contribution < -0.4 is 5.32 Å². The van der Waals surface area contributed by atoms with Crippen molar-refractivity contribution in [3.05, 3.63) is 32.7 Å². The van der Waals surface area contributed by atoms with Gasteiger partial charge in [0.1, 0.15) is 0 Å². The molecule has 0 aliphatic rings. The molecule has 0 aliphatic heterocycles. The smallest absolute Gasteiger partial charge is 0.247 e. The molecule has 102 valence electrons. The van der Waals surface area contributed by atoms with Crippen molar-refractivity contribution in [3.8, 4) is 11.5 Å². The Morgan fingerprint density at radius 2 is 2.16 bits per heavy atom. The van der Waals surface area contributed by atoms with Crippen molar-refractivity contribution in [2.75, 3.05) is 6.54 Å². The molecule has 0 bridgehead atoms. The van der Waals surface area contributed by atoms with Gasteiger partial charge in [-0.3, -0.25) is 0 Å². The number of hydrogen-bond donors (Lipinski definition) is 1. The molecule has 0 radical (unpaired) electrons. The Morgan fingerprint density at radius 3 is 2.84 bits per heavy atom. The monoisotopic (exact) mass is 391 g/mol. The van der Waals surface area contributed by atoms with Gasteiger partial charge in [-0.1, -0.05) is 25.4 Å². The minimum absolute atomic E-state index is 0.456. The van der Waals surface area contributed by atoms with Crippen LogP contribution in [0.2, 0.25) is 5.02 Å². The fraction of sp³-hybridized carbons (Fsp3) is 0.385. The number of hydrogen-bond acceptors (Lipinski definition) is 4. The van der Waals surface area contributed by atoms with Gasteiger partial charge in [0, 0.05) is 28.1 Å². The van der Waals surface area contributed by atoms with Crippen molar-refractivity contribution < 1.29 is 4.42 Å². The molecular weight excluding hydrogens is 377 g/mol. The maximum absolute atomic E-state index is 6.08. The van der Waals surface area contributed by atoms with Gasteiger partial charge in [0.2, 0.25) is 11.8 Å². The first-order valence-electron chi connectivity index (χ1n) is 6.07. The Kier molecular flexibility index (Phi) is 5.18. The molecule has 0 fully saturated rings. The van der Waals surface area contributed by atoms with Crippen LogP contribution in [0.25, 0.3) is 11.5 Å². The first kappa shape index (κ1) is 14.7. The summed E-state index contributed by atoms with van der Waals surface area (Å²) in [5.41, 5.74) is 0.848. The highest BCUT2D eigenvalue weighted by Crippen LogP contribution is 2.25. The van der Waals surface area contributed by atoms with Gasteiger partial charge in [0.25, 0.3) is 0 Å². The fourth-order valence-corrected chi connectivity index (χ4v) is 2.08. The van der Waals surface area contributed by atoms with E-state index < -0.39 is 0 Å². The van der Waals surface area contributed by atoms with E-state index in [0.29, 0.717) is 22.8 Å². The standard InChI is InChI=1S/C13H15ClIN3O/c1-8(2)16-6-5-12-17-18-13(19-12)9-3-4-11(15)10(14)7-9/h3-4,7-8,16H,5-6H2,1-2H3. The molecular formula is C13H15ClIN3O. The SMILES string of the molecule is CC(C)NCCc1nnc(-c2ccc(I)c(Cl)c2)o1. The van der Waals surface area contributed by atoms with E-state index in [4.69, 9.17) is 16.0 Å². The van der Waals surface area contributed by atoms with Crippen LogP contribution in [0, 0.1) is 3.57 Å². The average molecular weight is 392 g/mol. The zero-order valence-corrected chi connectivity index (χ0v) is 13.7. The Morgan fingerprint density at radius 1 is 1.37 bits per heavy atom. The first-order chi connectivity index (χ1) is 9.06. The number of halogens is 2. The molecule has 4 nitrogen and oxygen atoms in total. The van der Waals surface area contributed by atoms with E-state index in [-0.39, 0.29) is 0 Å². The minimum atomic E-state index is 0.456. The number of aromatic nitrogens is 2. The van der Waals surface area contributed by atoms with E-state index in [0.717, 1.165) is 22.1 Å². The van der Waals surface area contributed by atoms with Gasteiger partial charge in [0.15, 0.2) is 0 Å². The summed E-state index contributed by atoms with van der Waals surface area (Å²) in [6.07, 6.45) is 0.725. The molecule has 0 aliphatic carbocycles. The lowest BCUT2D eigenvalue weighted by Gasteiger charge is -2.04. The van der Waals surface area contributed by atoms with Gasteiger partial charge in [0.05, 0.1) is 5.02 Å². The van der Waals surface area contributed by atoms with Crippen molar-refractivity contribution in [3.63, 3.8) is 0 Å². The van der Waals surface area contributed by atoms with Crippen molar-refractivity contribution in [1.82, 2.24) is 15.5 Å². The highest BCUT2D eigenvalue weighted by molar-refractivity contribution is 14.1. The van der Waals surface area contributed by atoms with E-state index in [1.54, 1.807) is 0 Å². The van der Waals surface area contributed by atoms with Crippen molar-refractivity contribution in [2.45, 2.75) is 26.3 Å². The van der Waals surface area contributed by atoms with E-state index in [1.807, 2.05) is 18.2 Å². The van der Waals surface area contributed by atoms with Crippen LogP contribution in [-0.4, -0.2) is 22.8 Å². The predicted molar refractivity (Wildman–Crippen MR) is 84.3 cm³/mol. The maximum atomic E-state index is 6.08. The number of nitrogens with zero attached hydrogens (tertiary/aromatic N) is 2. The number of nitrogens with one attached hydrogen (secondary N) is 1. The zero-order chi connectivity index (χ0) is 13.8. The topological polar surface area (TPSA) is 51.0 Å². The van der Waals surface area contributed by atoms with Crippen LogP contribution in [0.1, 0.15) is 19.7 Å². The maximum Gasteiger partial charge on any atom is 0.247 e. The molecule has 0 spiro atoms. The minimum Gasteiger partial charge on any atom is -0.421 e. The van der Waals surface area contributed by atoms with Gasteiger partial charge in [-0.05, 0) is 40.8 Å². The van der Waals surface area contributed by atoms with Crippen molar-refractivity contribution >= 4 is 34.2 Å². The molecule has 1 heterocycles. The Hall–Kier alpha value is -0.660. The second kappa shape index (κ2) is 6.67. The van der Waals surface area contributed by atoms with Gasteiger partial charge in [-0.2, -0.15) is 0 Å². The summed E-state index contributed by atoms with van der Waals surface area (Å²) in [6, 6.07) is 6.16. The number of benzene rings is 1. The number of rotatable bonds is 5. The molecule has 0 saturated heterocycles.